The van der Waals surface area contributed by atoms with Crippen molar-refractivity contribution < 1.29 is 4.79 Å². The molecule has 2 aliphatic carbocycles. The van der Waals surface area contributed by atoms with E-state index < -0.39 is 0 Å². The molecule has 2 aliphatic rings. The summed E-state index contributed by atoms with van der Waals surface area (Å²) < 4.78 is 0. The summed E-state index contributed by atoms with van der Waals surface area (Å²) in [6, 6.07) is 8.46. The van der Waals surface area contributed by atoms with Crippen molar-refractivity contribution in [1.82, 2.24) is 0 Å². The van der Waals surface area contributed by atoms with Gasteiger partial charge in [-0.2, -0.15) is 0 Å². The van der Waals surface area contributed by atoms with Crippen LogP contribution in [0.2, 0.25) is 0 Å². The van der Waals surface area contributed by atoms with Crippen LogP contribution in [0.15, 0.2) is 66.8 Å². The van der Waals surface area contributed by atoms with Crippen molar-refractivity contribution >= 4 is 11.9 Å². The summed E-state index contributed by atoms with van der Waals surface area (Å²) in [5.74, 6) is 0.759. The molecule has 0 spiro atoms. The zero-order valence-corrected chi connectivity index (χ0v) is 10.8. The van der Waals surface area contributed by atoms with Crippen molar-refractivity contribution in [2.45, 2.75) is 12.3 Å². The van der Waals surface area contributed by atoms with Crippen molar-refractivity contribution in [3.63, 3.8) is 0 Å². The van der Waals surface area contributed by atoms with Crippen LogP contribution in [-0.2, 0) is 4.79 Å². The lowest BCUT2D eigenvalue weighted by Gasteiger charge is -2.31. The number of carbonyl (C=O) groups excluding carboxylic acids is 1. The highest BCUT2D eigenvalue weighted by molar-refractivity contribution is 5.91. The van der Waals surface area contributed by atoms with E-state index in [-0.39, 0.29) is 5.78 Å². The van der Waals surface area contributed by atoms with E-state index in [0.717, 1.165) is 0 Å². The lowest BCUT2D eigenvalue weighted by molar-refractivity contribution is -0.114. The molecule has 94 valence electrons. The molecule has 2 atom stereocenters. The molecule has 1 aromatic carbocycles. The molecule has 0 N–H and O–H groups in total. The average molecular weight is 248 g/mol. The smallest absolute Gasteiger partial charge is 0.159 e. The van der Waals surface area contributed by atoms with Gasteiger partial charge in [-0.05, 0) is 17.2 Å². The van der Waals surface area contributed by atoms with Crippen LogP contribution in [-0.4, -0.2) is 5.78 Å². The van der Waals surface area contributed by atoms with Crippen molar-refractivity contribution in [3.8, 4) is 0 Å². The Hall–Kier alpha value is -2.15. The van der Waals surface area contributed by atoms with Gasteiger partial charge in [-0.3, -0.25) is 4.79 Å². The maximum atomic E-state index is 11.6. The number of allylic oxidation sites excluding steroid dienone is 6. The van der Waals surface area contributed by atoms with Gasteiger partial charge in [0.1, 0.15) is 0 Å². The van der Waals surface area contributed by atoms with Crippen LogP contribution >= 0.6 is 0 Å². The first-order valence-corrected chi connectivity index (χ1v) is 6.59. The Morgan fingerprint density at radius 2 is 2.05 bits per heavy atom. The quantitative estimate of drug-likeness (QED) is 0.737. The number of hydrogen-bond donors (Lipinski definition) is 0. The normalized spacial score (nSPS) is 23.3. The molecule has 0 fully saturated rings. The highest BCUT2D eigenvalue weighted by atomic mass is 16.1. The van der Waals surface area contributed by atoms with E-state index in [0.29, 0.717) is 18.3 Å². The van der Waals surface area contributed by atoms with Crippen LogP contribution in [0.4, 0.5) is 0 Å². The molecule has 19 heavy (non-hydrogen) atoms. The molecule has 0 amide bonds. The van der Waals surface area contributed by atoms with E-state index in [9.17, 15) is 4.79 Å². The van der Waals surface area contributed by atoms with Crippen LogP contribution < -0.4 is 0 Å². The van der Waals surface area contributed by atoms with Crippen molar-refractivity contribution in [3.05, 3.63) is 77.9 Å². The second kappa shape index (κ2) is 4.85. The number of fused-ring (bicyclic) bond motifs is 3. The Balaban J connectivity index is 1.95. The van der Waals surface area contributed by atoms with E-state index in [1.807, 2.05) is 0 Å². The summed E-state index contributed by atoms with van der Waals surface area (Å²) in [6.45, 7) is 3.55. The molecule has 3 rings (SSSR count). The Kier molecular flexibility index (Phi) is 3.04. The highest BCUT2D eigenvalue weighted by Gasteiger charge is 2.28. The zero-order valence-electron chi connectivity index (χ0n) is 10.8. The van der Waals surface area contributed by atoms with Gasteiger partial charge in [-0.15, -0.1) is 0 Å². The number of carbonyl (C=O) groups is 1. The van der Waals surface area contributed by atoms with Gasteiger partial charge >= 0.3 is 0 Å². The fourth-order valence-electron chi connectivity index (χ4n) is 2.92. The molecule has 0 aromatic heterocycles. The van der Waals surface area contributed by atoms with Crippen LogP contribution in [0.1, 0.15) is 23.5 Å². The molecule has 0 aliphatic heterocycles. The molecule has 1 nitrogen and oxygen atoms in total. The lowest BCUT2D eigenvalue weighted by Crippen LogP contribution is -2.19. The van der Waals surface area contributed by atoms with Crippen LogP contribution in [0.25, 0.3) is 6.08 Å². The average Bonchev–Trinajstić information content (AvgIpc) is 2.47. The largest absolute Gasteiger partial charge is 0.295 e. The Bertz CT molecular complexity index is 616. The molecular formula is C18H16O. The third-order valence-corrected chi connectivity index (χ3v) is 3.89. The minimum absolute atomic E-state index is 0.0903. The van der Waals surface area contributed by atoms with E-state index in [1.54, 1.807) is 0 Å². The fraction of sp³-hybridized carbons (Fsp3) is 0.167. The van der Waals surface area contributed by atoms with Crippen molar-refractivity contribution in [2.75, 3.05) is 0 Å². The third kappa shape index (κ3) is 2.12. The van der Waals surface area contributed by atoms with Crippen molar-refractivity contribution in [1.29, 1.82) is 0 Å². The Morgan fingerprint density at radius 1 is 1.21 bits per heavy atom. The summed E-state index contributed by atoms with van der Waals surface area (Å²) in [6.07, 6.45) is 12.6. The SMILES string of the molecule is C=CC(=O)CC1=CC=CC2c3ccccc3C=CC12. The summed E-state index contributed by atoms with van der Waals surface area (Å²) in [4.78, 5) is 11.6. The summed E-state index contributed by atoms with van der Waals surface area (Å²) >= 11 is 0. The van der Waals surface area contributed by atoms with Gasteiger partial charge in [-0.1, -0.05) is 66.8 Å². The third-order valence-electron chi connectivity index (χ3n) is 3.89. The molecular weight excluding hydrogens is 232 g/mol. The lowest BCUT2D eigenvalue weighted by atomic mass is 9.72. The molecule has 1 heteroatoms. The summed E-state index contributed by atoms with van der Waals surface area (Å²) in [5, 5.41) is 0. The van der Waals surface area contributed by atoms with Gasteiger partial charge in [-0.25, -0.2) is 0 Å². The standard InChI is InChI=1S/C18H16O/c1-2-15(19)12-14-7-5-9-18-16-8-4-3-6-13(16)10-11-17(14)18/h2-11,17-18H,1,12H2. The van der Waals surface area contributed by atoms with Gasteiger partial charge in [0.15, 0.2) is 5.78 Å². The highest BCUT2D eigenvalue weighted by Crippen LogP contribution is 2.41. The Morgan fingerprint density at radius 3 is 2.89 bits per heavy atom. The van der Waals surface area contributed by atoms with Gasteiger partial charge < -0.3 is 0 Å². The van der Waals surface area contributed by atoms with Crippen LogP contribution in [0.5, 0.6) is 0 Å². The van der Waals surface area contributed by atoms with Crippen molar-refractivity contribution in [2.24, 2.45) is 5.92 Å². The minimum atomic E-state index is 0.0903. The summed E-state index contributed by atoms with van der Waals surface area (Å²) in [7, 11) is 0. The second-order valence-corrected chi connectivity index (χ2v) is 5.01. The van der Waals surface area contributed by atoms with E-state index >= 15 is 0 Å². The first-order chi connectivity index (χ1) is 9.29. The van der Waals surface area contributed by atoms with Gasteiger partial charge in [0.25, 0.3) is 0 Å². The number of ketones is 1. The number of hydrogen-bond acceptors (Lipinski definition) is 1. The van der Waals surface area contributed by atoms with E-state index in [2.05, 4.69) is 61.2 Å². The second-order valence-electron chi connectivity index (χ2n) is 5.01. The monoisotopic (exact) mass is 248 g/mol. The molecule has 0 bridgehead atoms. The van der Waals surface area contributed by atoms with Gasteiger partial charge in [0.2, 0.25) is 0 Å². The first kappa shape index (κ1) is 11.9. The molecule has 0 radical (unpaired) electrons. The molecule has 1 aromatic rings. The van der Waals surface area contributed by atoms with Gasteiger partial charge in [0.05, 0.1) is 0 Å². The fourth-order valence-corrected chi connectivity index (χ4v) is 2.92. The molecule has 0 saturated heterocycles. The maximum absolute atomic E-state index is 11.6. The number of rotatable bonds is 3. The molecule has 0 saturated carbocycles. The minimum Gasteiger partial charge on any atom is -0.295 e. The molecule has 0 heterocycles. The first-order valence-electron chi connectivity index (χ1n) is 6.59. The van der Waals surface area contributed by atoms with Crippen LogP contribution in [0.3, 0.4) is 0 Å². The van der Waals surface area contributed by atoms with Gasteiger partial charge in [0, 0.05) is 18.3 Å². The topological polar surface area (TPSA) is 17.1 Å². The maximum Gasteiger partial charge on any atom is 0.159 e. The summed E-state index contributed by atoms with van der Waals surface area (Å²) in [5.41, 5.74) is 3.82. The number of benzene rings is 1. The predicted octanol–water partition coefficient (Wildman–Crippen LogP) is 4.05. The Labute approximate surface area is 113 Å². The predicted molar refractivity (Wildman–Crippen MR) is 78.8 cm³/mol. The van der Waals surface area contributed by atoms with E-state index in [1.165, 1.54) is 22.8 Å². The van der Waals surface area contributed by atoms with E-state index in [4.69, 9.17) is 0 Å². The zero-order chi connectivity index (χ0) is 13.2. The molecule has 2 unspecified atom stereocenters. The van der Waals surface area contributed by atoms with Crippen LogP contribution in [0, 0.1) is 5.92 Å².